The normalized spacial score (nSPS) is 17.2. The summed E-state index contributed by atoms with van der Waals surface area (Å²) < 4.78 is 30.1. The molecule has 2 N–H and O–H groups in total. The van der Waals surface area contributed by atoms with Crippen molar-refractivity contribution < 1.29 is 27.9 Å². The predicted molar refractivity (Wildman–Crippen MR) is 87.5 cm³/mol. The van der Waals surface area contributed by atoms with Gasteiger partial charge in [-0.25, -0.2) is 13.2 Å². The number of benzene rings is 1. The summed E-state index contributed by atoms with van der Waals surface area (Å²) in [6.45, 7) is 2.34. The Bertz CT molecular complexity index is 692. The molecule has 132 valence electrons. The van der Waals surface area contributed by atoms with Crippen LogP contribution in [0.4, 0.5) is 0 Å². The number of carbonyl (C=O) groups is 2. The molecule has 2 rings (SSSR count). The summed E-state index contributed by atoms with van der Waals surface area (Å²) in [7, 11) is -3.55. The first kappa shape index (κ1) is 18.4. The van der Waals surface area contributed by atoms with Crippen molar-refractivity contribution in [3.05, 3.63) is 35.4 Å². The summed E-state index contributed by atoms with van der Waals surface area (Å²) in [5.41, 5.74) is 0.851. The Morgan fingerprint density at radius 1 is 1.25 bits per heavy atom. The number of hydrogen-bond donors (Lipinski definition) is 2. The molecule has 1 aliphatic heterocycles. The molecule has 1 amide bonds. The Morgan fingerprint density at radius 3 is 2.38 bits per heavy atom. The molecule has 1 unspecified atom stereocenters. The van der Waals surface area contributed by atoms with E-state index >= 15 is 0 Å². The zero-order valence-electron chi connectivity index (χ0n) is 13.4. The minimum atomic E-state index is -3.55. The number of amides is 1. The lowest BCUT2D eigenvalue weighted by atomic mass is 10.1. The van der Waals surface area contributed by atoms with Gasteiger partial charge in [0.15, 0.2) is 9.84 Å². The average molecular weight is 355 g/mol. The molecule has 1 heterocycles. The maximum atomic E-state index is 12.5. The van der Waals surface area contributed by atoms with Crippen molar-refractivity contribution in [2.45, 2.75) is 36.8 Å². The standard InChI is InChI=1S/C16H21NO6S/c1-11(24(21,22)14-6-8-23-9-7-14)15(18)17-10-12-2-4-13(5-3-12)16(19)20/h2-5,11,14H,6-10H2,1H3,(H,17,18)(H,19,20). The van der Waals surface area contributed by atoms with E-state index in [1.165, 1.54) is 19.1 Å². The van der Waals surface area contributed by atoms with Gasteiger partial charge in [-0.1, -0.05) is 12.1 Å². The van der Waals surface area contributed by atoms with Crippen LogP contribution < -0.4 is 5.32 Å². The number of carboxylic acids is 1. The number of rotatable bonds is 6. The van der Waals surface area contributed by atoms with E-state index < -0.39 is 32.2 Å². The molecule has 1 aromatic rings. The van der Waals surface area contributed by atoms with Gasteiger partial charge in [0.25, 0.3) is 0 Å². The minimum Gasteiger partial charge on any atom is -0.478 e. The van der Waals surface area contributed by atoms with Crippen molar-refractivity contribution in [1.82, 2.24) is 5.32 Å². The van der Waals surface area contributed by atoms with Gasteiger partial charge < -0.3 is 15.2 Å². The summed E-state index contributed by atoms with van der Waals surface area (Å²) in [4.78, 5) is 22.9. The van der Waals surface area contributed by atoms with E-state index in [0.29, 0.717) is 31.6 Å². The van der Waals surface area contributed by atoms with Gasteiger partial charge in [0.05, 0.1) is 10.8 Å². The third kappa shape index (κ3) is 4.33. The fraction of sp³-hybridized carbons (Fsp3) is 0.500. The second-order valence-electron chi connectivity index (χ2n) is 5.76. The summed E-state index contributed by atoms with van der Waals surface area (Å²) in [6.07, 6.45) is 0.827. The molecule has 1 aliphatic rings. The van der Waals surface area contributed by atoms with Crippen LogP contribution >= 0.6 is 0 Å². The van der Waals surface area contributed by atoms with E-state index in [1.807, 2.05) is 0 Å². The summed E-state index contributed by atoms with van der Waals surface area (Å²) in [5.74, 6) is -1.58. The first-order valence-corrected chi connectivity index (χ1v) is 9.33. The van der Waals surface area contributed by atoms with Gasteiger partial charge in [0, 0.05) is 19.8 Å². The largest absolute Gasteiger partial charge is 0.478 e. The Labute approximate surface area is 140 Å². The van der Waals surface area contributed by atoms with E-state index in [1.54, 1.807) is 12.1 Å². The van der Waals surface area contributed by atoms with Gasteiger partial charge in [-0.2, -0.15) is 0 Å². The van der Waals surface area contributed by atoms with E-state index in [0.717, 1.165) is 0 Å². The molecule has 1 saturated heterocycles. The van der Waals surface area contributed by atoms with Crippen LogP contribution in [0.3, 0.4) is 0 Å². The molecule has 1 aromatic carbocycles. The highest BCUT2D eigenvalue weighted by Gasteiger charge is 2.36. The minimum absolute atomic E-state index is 0.145. The van der Waals surface area contributed by atoms with Crippen LogP contribution in [-0.2, 0) is 25.9 Å². The van der Waals surface area contributed by atoms with Crippen LogP contribution in [0.5, 0.6) is 0 Å². The monoisotopic (exact) mass is 355 g/mol. The Balaban J connectivity index is 1.94. The number of hydrogen-bond acceptors (Lipinski definition) is 5. The Morgan fingerprint density at radius 2 is 1.83 bits per heavy atom. The van der Waals surface area contributed by atoms with Crippen molar-refractivity contribution in [2.24, 2.45) is 0 Å². The van der Waals surface area contributed by atoms with Crippen molar-refractivity contribution in [2.75, 3.05) is 13.2 Å². The molecule has 0 aromatic heterocycles. The van der Waals surface area contributed by atoms with Crippen LogP contribution in [-0.4, -0.2) is 49.1 Å². The molecule has 0 aliphatic carbocycles. The van der Waals surface area contributed by atoms with Crippen LogP contribution in [0, 0.1) is 0 Å². The lowest BCUT2D eigenvalue weighted by Crippen LogP contribution is -2.43. The molecule has 0 radical (unpaired) electrons. The lowest BCUT2D eigenvalue weighted by Gasteiger charge is -2.25. The first-order valence-electron chi connectivity index (χ1n) is 7.72. The van der Waals surface area contributed by atoms with Crippen LogP contribution in [0.25, 0.3) is 0 Å². The molecular weight excluding hydrogens is 334 g/mol. The fourth-order valence-corrected chi connectivity index (χ4v) is 4.35. The van der Waals surface area contributed by atoms with Crippen LogP contribution in [0.1, 0.15) is 35.7 Å². The van der Waals surface area contributed by atoms with Crippen molar-refractivity contribution in [3.63, 3.8) is 0 Å². The van der Waals surface area contributed by atoms with Gasteiger partial charge >= 0.3 is 5.97 Å². The number of carbonyl (C=O) groups excluding carboxylic acids is 1. The quantitative estimate of drug-likeness (QED) is 0.787. The van der Waals surface area contributed by atoms with Gasteiger partial charge in [-0.3, -0.25) is 4.79 Å². The van der Waals surface area contributed by atoms with Crippen LogP contribution in [0.15, 0.2) is 24.3 Å². The Kier molecular flexibility index (Phi) is 5.95. The number of carboxylic acid groups (broad SMARTS) is 1. The van der Waals surface area contributed by atoms with Gasteiger partial charge in [0.1, 0.15) is 5.25 Å². The van der Waals surface area contributed by atoms with E-state index in [4.69, 9.17) is 9.84 Å². The van der Waals surface area contributed by atoms with Gasteiger partial charge in [-0.15, -0.1) is 0 Å². The highest BCUT2D eigenvalue weighted by Crippen LogP contribution is 2.20. The van der Waals surface area contributed by atoms with E-state index in [9.17, 15) is 18.0 Å². The number of aromatic carboxylic acids is 1. The third-order valence-electron chi connectivity index (χ3n) is 4.16. The maximum absolute atomic E-state index is 12.5. The topological polar surface area (TPSA) is 110 Å². The van der Waals surface area contributed by atoms with Crippen LogP contribution in [0.2, 0.25) is 0 Å². The smallest absolute Gasteiger partial charge is 0.335 e. The Hall–Kier alpha value is -1.93. The molecule has 1 fully saturated rings. The van der Waals surface area contributed by atoms with E-state index in [-0.39, 0.29) is 12.1 Å². The van der Waals surface area contributed by atoms with E-state index in [2.05, 4.69) is 5.32 Å². The van der Waals surface area contributed by atoms with Crippen molar-refractivity contribution >= 4 is 21.7 Å². The van der Waals surface area contributed by atoms with Gasteiger partial charge in [0.2, 0.25) is 5.91 Å². The summed E-state index contributed by atoms with van der Waals surface area (Å²) >= 11 is 0. The third-order valence-corrected chi connectivity index (χ3v) is 6.76. The highest BCUT2D eigenvalue weighted by molar-refractivity contribution is 7.93. The fourth-order valence-electron chi connectivity index (χ4n) is 2.54. The second-order valence-corrected chi connectivity index (χ2v) is 8.31. The first-order chi connectivity index (χ1) is 11.3. The van der Waals surface area contributed by atoms with Crippen molar-refractivity contribution in [3.8, 4) is 0 Å². The summed E-state index contributed by atoms with van der Waals surface area (Å²) in [5, 5.41) is 9.76. The molecular formula is C16H21NO6S. The molecule has 0 spiro atoms. The second kappa shape index (κ2) is 7.76. The lowest BCUT2D eigenvalue weighted by molar-refractivity contribution is -0.120. The number of ether oxygens (including phenoxy) is 1. The zero-order chi connectivity index (χ0) is 17.7. The zero-order valence-corrected chi connectivity index (χ0v) is 14.2. The van der Waals surface area contributed by atoms with Gasteiger partial charge in [-0.05, 0) is 37.5 Å². The number of nitrogens with one attached hydrogen (secondary N) is 1. The average Bonchev–Trinajstić information content (AvgIpc) is 2.60. The molecule has 1 atom stereocenters. The molecule has 8 heteroatoms. The highest BCUT2D eigenvalue weighted by atomic mass is 32.2. The molecule has 7 nitrogen and oxygen atoms in total. The molecule has 0 bridgehead atoms. The number of sulfone groups is 1. The molecule has 24 heavy (non-hydrogen) atoms. The summed E-state index contributed by atoms with van der Waals surface area (Å²) in [6, 6.07) is 6.04. The SMILES string of the molecule is CC(C(=O)NCc1ccc(C(=O)O)cc1)S(=O)(=O)C1CCOCC1. The maximum Gasteiger partial charge on any atom is 0.335 e. The molecule has 0 saturated carbocycles. The predicted octanol–water partition coefficient (Wildman–Crippen LogP) is 0.983. The van der Waals surface area contributed by atoms with Crippen molar-refractivity contribution in [1.29, 1.82) is 0 Å².